The fraction of sp³-hybridized carbons (Fsp3) is 0.286. The Hall–Kier alpha value is -2.30. The van der Waals surface area contributed by atoms with Crippen LogP contribution < -0.4 is 4.74 Å². The van der Waals surface area contributed by atoms with Crippen molar-refractivity contribution in [3.63, 3.8) is 0 Å². The topological polar surface area (TPSA) is 53.4 Å². The second kappa shape index (κ2) is 6.04. The van der Waals surface area contributed by atoms with E-state index in [1.54, 1.807) is 26.6 Å². The molecular weight excluding hydrogens is 244 g/mol. The van der Waals surface area contributed by atoms with E-state index in [4.69, 9.17) is 9.47 Å². The van der Waals surface area contributed by atoms with E-state index in [-0.39, 0.29) is 0 Å². The zero-order valence-corrected chi connectivity index (χ0v) is 11.0. The van der Waals surface area contributed by atoms with E-state index in [1.165, 1.54) is 0 Å². The van der Waals surface area contributed by atoms with Crippen LogP contribution >= 0.6 is 0 Å². The van der Waals surface area contributed by atoms with Gasteiger partial charge in [-0.2, -0.15) is 0 Å². The van der Waals surface area contributed by atoms with Crippen LogP contribution in [0.4, 0.5) is 0 Å². The number of rotatable bonds is 5. The highest BCUT2D eigenvalue weighted by Gasteiger charge is 2.09. The van der Waals surface area contributed by atoms with Crippen LogP contribution in [0, 0.1) is 0 Å². The maximum Gasteiger partial charge on any atom is 0.358 e. The summed E-state index contributed by atoms with van der Waals surface area (Å²) in [7, 11) is 1.64. The van der Waals surface area contributed by atoms with Gasteiger partial charge in [0.05, 0.1) is 20.0 Å². The molecule has 19 heavy (non-hydrogen) atoms. The van der Waals surface area contributed by atoms with Crippen LogP contribution in [0.3, 0.4) is 0 Å². The second-order valence-electron chi connectivity index (χ2n) is 4.00. The number of imidazole rings is 1. The van der Waals surface area contributed by atoms with Gasteiger partial charge in [-0.1, -0.05) is 12.1 Å². The minimum atomic E-state index is -0.393. The van der Waals surface area contributed by atoms with Gasteiger partial charge in [0.1, 0.15) is 5.75 Å². The van der Waals surface area contributed by atoms with Crippen LogP contribution in [0.1, 0.15) is 23.0 Å². The lowest BCUT2D eigenvalue weighted by Crippen LogP contribution is -2.05. The van der Waals surface area contributed by atoms with E-state index in [0.29, 0.717) is 18.8 Å². The first kappa shape index (κ1) is 13.1. The third-order valence-electron chi connectivity index (χ3n) is 2.64. The van der Waals surface area contributed by atoms with Crippen molar-refractivity contribution in [2.24, 2.45) is 0 Å². The molecule has 0 aliphatic carbocycles. The van der Waals surface area contributed by atoms with Gasteiger partial charge in [-0.25, -0.2) is 9.78 Å². The standard InChI is InChI=1S/C14H16N2O3/c1-3-19-14(17)13-9-16(10-15-13)8-11-4-6-12(18-2)7-5-11/h4-7,9-10H,3,8H2,1-2H3. The summed E-state index contributed by atoms with van der Waals surface area (Å²) in [5.41, 5.74) is 1.43. The third kappa shape index (κ3) is 3.34. The SMILES string of the molecule is CCOC(=O)c1cn(Cc2ccc(OC)cc2)cn1. The maximum atomic E-state index is 11.5. The molecule has 0 saturated heterocycles. The average Bonchev–Trinajstić information content (AvgIpc) is 2.88. The number of ether oxygens (including phenoxy) is 2. The summed E-state index contributed by atoms with van der Waals surface area (Å²) in [6.45, 7) is 2.77. The molecule has 0 aliphatic rings. The van der Waals surface area contributed by atoms with Crippen molar-refractivity contribution in [1.29, 1.82) is 0 Å². The lowest BCUT2D eigenvalue weighted by molar-refractivity contribution is 0.0520. The van der Waals surface area contributed by atoms with Crippen LogP contribution in [0.25, 0.3) is 0 Å². The van der Waals surface area contributed by atoms with Crippen molar-refractivity contribution in [2.75, 3.05) is 13.7 Å². The number of esters is 1. The first-order valence-electron chi connectivity index (χ1n) is 6.04. The van der Waals surface area contributed by atoms with Crippen molar-refractivity contribution < 1.29 is 14.3 Å². The van der Waals surface area contributed by atoms with E-state index in [0.717, 1.165) is 11.3 Å². The van der Waals surface area contributed by atoms with Crippen molar-refractivity contribution in [3.05, 3.63) is 48.0 Å². The lowest BCUT2D eigenvalue weighted by Gasteiger charge is -2.04. The Bertz CT molecular complexity index is 546. The highest BCUT2D eigenvalue weighted by atomic mass is 16.5. The largest absolute Gasteiger partial charge is 0.497 e. The van der Waals surface area contributed by atoms with Crippen LogP contribution in [-0.2, 0) is 11.3 Å². The fourth-order valence-electron chi connectivity index (χ4n) is 1.70. The molecule has 0 bridgehead atoms. The molecule has 0 atom stereocenters. The summed E-state index contributed by atoms with van der Waals surface area (Å²) in [5.74, 6) is 0.428. The van der Waals surface area contributed by atoms with Crippen molar-refractivity contribution in [2.45, 2.75) is 13.5 Å². The van der Waals surface area contributed by atoms with Crippen molar-refractivity contribution >= 4 is 5.97 Å². The molecule has 2 rings (SSSR count). The summed E-state index contributed by atoms with van der Waals surface area (Å²) in [6.07, 6.45) is 3.30. The highest BCUT2D eigenvalue weighted by Crippen LogP contribution is 2.12. The number of aromatic nitrogens is 2. The van der Waals surface area contributed by atoms with Gasteiger partial charge in [0.2, 0.25) is 0 Å². The molecule has 5 heteroatoms. The first-order valence-corrected chi connectivity index (χ1v) is 6.04. The minimum Gasteiger partial charge on any atom is -0.497 e. The Balaban J connectivity index is 2.04. The molecule has 0 spiro atoms. The van der Waals surface area contributed by atoms with E-state index in [9.17, 15) is 4.79 Å². The van der Waals surface area contributed by atoms with Gasteiger partial charge in [0.15, 0.2) is 5.69 Å². The predicted molar refractivity (Wildman–Crippen MR) is 70.3 cm³/mol. The monoisotopic (exact) mass is 260 g/mol. The summed E-state index contributed by atoms with van der Waals surface area (Å²) in [4.78, 5) is 15.5. The average molecular weight is 260 g/mol. The van der Waals surface area contributed by atoms with Crippen molar-refractivity contribution in [1.82, 2.24) is 9.55 Å². The number of hydrogen-bond donors (Lipinski definition) is 0. The smallest absolute Gasteiger partial charge is 0.358 e. The number of carbonyl (C=O) groups excluding carboxylic acids is 1. The number of nitrogens with zero attached hydrogens (tertiary/aromatic N) is 2. The fourth-order valence-corrected chi connectivity index (χ4v) is 1.70. The molecule has 0 N–H and O–H groups in total. The van der Waals surface area contributed by atoms with Crippen LogP contribution in [-0.4, -0.2) is 29.2 Å². The van der Waals surface area contributed by atoms with Crippen LogP contribution in [0.15, 0.2) is 36.8 Å². The lowest BCUT2D eigenvalue weighted by atomic mass is 10.2. The number of methoxy groups -OCH3 is 1. The Kier molecular flexibility index (Phi) is 4.18. The highest BCUT2D eigenvalue weighted by molar-refractivity contribution is 5.86. The Morgan fingerprint density at radius 1 is 1.32 bits per heavy atom. The zero-order valence-electron chi connectivity index (χ0n) is 11.0. The summed E-state index contributed by atoms with van der Waals surface area (Å²) in [5, 5.41) is 0. The van der Waals surface area contributed by atoms with E-state index in [2.05, 4.69) is 4.98 Å². The zero-order chi connectivity index (χ0) is 13.7. The summed E-state index contributed by atoms with van der Waals surface area (Å²) in [6, 6.07) is 7.75. The van der Waals surface area contributed by atoms with Gasteiger partial charge in [-0.3, -0.25) is 0 Å². The predicted octanol–water partition coefficient (Wildman–Crippen LogP) is 2.12. The minimum absolute atomic E-state index is 0.329. The summed E-state index contributed by atoms with van der Waals surface area (Å²) >= 11 is 0. The molecule has 0 unspecified atom stereocenters. The van der Waals surface area contributed by atoms with Gasteiger partial charge in [0.25, 0.3) is 0 Å². The molecule has 0 radical (unpaired) electrons. The maximum absolute atomic E-state index is 11.5. The normalized spacial score (nSPS) is 10.2. The Morgan fingerprint density at radius 3 is 2.68 bits per heavy atom. The third-order valence-corrected chi connectivity index (χ3v) is 2.64. The van der Waals surface area contributed by atoms with Crippen LogP contribution in [0.5, 0.6) is 5.75 Å². The Labute approximate surface area is 111 Å². The molecule has 2 aromatic rings. The molecule has 1 heterocycles. The van der Waals surface area contributed by atoms with Crippen molar-refractivity contribution in [3.8, 4) is 5.75 Å². The quantitative estimate of drug-likeness (QED) is 0.773. The Morgan fingerprint density at radius 2 is 2.05 bits per heavy atom. The first-order chi connectivity index (χ1) is 9.22. The molecule has 1 aromatic heterocycles. The molecule has 100 valence electrons. The number of carbonyl (C=O) groups is 1. The molecule has 1 aromatic carbocycles. The molecule has 0 aliphatic heterocycles. The van der Waals surface area contributed by atoms with Crippen LogP contribution in [0.2, 0.25) is 0 Å². The molecule has 0 saturated carbocycles. The molecule has 0 fully saturated rings. The van der Waals surface area contributed by atoms with Gasteiger partial charge in [-0.05, 0) is 24.6 Å². The molecule has 5 nitrogen and oxygen atoms in total. The second-order valence-corrected chi connectivity index (χ2v) is 4.00. The van der Waals surface area contributed by atoms with Gasteiger partial charge in [-0.15, -0.1) is 0 Å². The molecule has 0 amide bonds. The number of benzene rings is 1. The van der Waals surface area contributed by atoms with E-state index < -0.39 is 5.97 Å². The number of hydrogen-bond acceptors (Lipinski definition) is 4. The van der Waals surface area contributed by atoms with Gasteiger partial charge >= 0.3 is 5.97 Å². The van der Waals surface area contributed by atoms with E-state index in [1.807, 2.05) is 28.8 Å². The van der Waals surface area contributed by atoms with Gasteiger partial charge < -0.3 is 14.0 Å². The van der Waals surface area contributed by atoms with Gasteiger partial charge in [0, 0.05) is 12.7 Å². The summed E-state index contributed by atoms with van der Waals surface area (Å²) < 4.78 is 11.8. The van der Waals surface area contributed by atoms with E-state index >= 15 is 0 Å². The molecular formula is C14H16N2O3.